The first-order valence-corrected chi connectivity index (χ1v) is 7.21. The van der Waals surface area contributed by atoms with Crippen LogP contribution in [0.4, 0.5) is 0 Å². The second-order valence-electron chi connectivity index (χ2n) is 5.76. The minimum atomic E-state index is -0.0516. The van der Waals surface area contributed by atoms with Crippen molar-refractivity contribution in [3.63, 3.8) is 0 Å². The molecular formula is C14H28N2O2. The van der Waals surface area contributed by atoms with Crippen LogP contribution in [-0.4, -0.2) is 41.7 Å². The van der Waals surface area contributed by atoms with Crippen LogP contribution in [0.1, 0.15) is 46.0 Å². The van der Waals surface area contributed by atoms with E-state index in [1.54, 1.807) is 0 Å². The molecule has 0 aromatic heterocycles. The highest BCUT2D eigenvalue weighted by Gasteiger charge is 2.32. The first-order valence-electron chi connectivity index (χ1n) is 7.21. The van der Waals surface area contributed by atoms with Crippen LogP contribution >= 0.6 is 0 Å². The number of aliphatic hydroxyl groups is 1. The maximum atomic E-state index is 12.5. The molecular weight excluding hydrogens is 228 g/mol. The van der Waals surface area contributed by atoms with Crippen molar-refractivity contribution in [3.05, 3.63) is 0 Å². The largest absolute Gasteiger partial charge is 0.396 e. The predicted octanol–water partition coefficient (Wildman–Crippen LogP) is 1.37. The Kier molecular flexibility index (Phi) is 6.65. The molecule has 0 aliphatic heterocycles. The number of amides is 1. The number of hydrogen-bond acceptors (Lipinski definition) is 3. The van der Waals surface area contributed by atoms with Crippen molar-refractivity contribution in [2.75, 3.05) is 19.7 Å². The minimum absolute atomic E-state index is 0.0516. The fraction of sp³-hybridized carbons (Fsp3) is 0.929. The van der Waals surface area contributed by atoms with Crippen molar-refractivity contribution in [2.45, 2.75) is 52.0 Å². The van der Waals surface area contributed by atoms with Gasteiger partial charge in [0.25, 0.3) is 0 Å². The third-order valence-corrected chi connectivity index (χ3v) is 3.75. The van der Waals surface area contributed by atoms with Gasteiger partial charge in [0, 0.05) is 25.7 Å². The number of rotatable bonds is 8. The smallest absolute Gasteiger partial charge is 0.227 e. The highest BCUT2D eigenvalue weighted by molar-refractivity contribution is 5.79. The van der Waals surface area contributed by atoms with Gasteiger partial charge in [0.1, 0.15) is 0 Å². The Morgan fingerprint density at radius 1 is 1.44 bits per heavy atom. The molecule has 1 atom stereocenters. The Labute approximate surface area is 111 Å². The summed E-state index contributed by atoms with van der Waals surface area (Å²) in [5, 5.41) is 8.95. The molecule has 3 N–H and O–H groups in total. The molecule has 0 saturated heterocycles. The van der Waals surface area contributed by atoms with Crippen molar-refractivity contribution >= 4 is 5.91 Å². The Balaban J connectivity index is 2.60. The molecule has 1 amide bonds. The fourth-order valence-corrected chi connectivity index (χ4v) is 2.51. The minimum Gasteiger partial charge on any atom is -0.396 e. The van der Waals surface area contributed by atoms with Crippen LogP contribution in [0.2, 0.25) is 0 Å². The molecule has 0 heterocycles. The summed E-state index contributed by atoms with van der Waals surface area (Å²) in [7, 11) is 0. The van der Waals surface area contributed by atoms with Gasteiger partial charge < -0.3 is 15.7 Å². The monoisotopic (exact) mass is 256 g/mol. The fourth-order valence-electron chi connectivity index (χ4n) is 2.51. The third-order valence-electron chi connectivity index (χ3n) is 3.75. The molecule has 1 saturated carbocycles. The van der Waals surface area contributed by atoms with E-state index in [1.807, 2.05) is 4.90 Å². The van der Waals surface area contributed by atoms with Gasteiger partial charge in [0.05, 0.1) is 5.92 Å². The Morgan fingerprint density at radius 2 is 2.11 bits per heavy atom. The van der Waals surface area contributed by atoms with Crippen LogP contribution in [0, 0.1) is 11.8 Å². The molecule has 106 valence electrons. The topological polar surface area (TPSA) is 66.6 Å². The highest BCUT2D eigenvalue weighted by atomic mass is 16.3. The Morgan fingerprint density at radius 3 is 2.50 bits per heavy atom. The lowest BCUT2D eigenvalue weighted by Gasteiger charge is -2.39. The van der Waals surface area contributed by atoms with Crippen LogP contribution in [0.25, 0.3) is 0 Å². The third kappa shape index (κ3) is 4.25. The van der Waals surface area contributed by atoms with Gasteiger partial charge in [0.2, 0.25) is 5.91 Å². The maximum Gasteiger partial charge on any atom is 0.227 e. The van der Waals surface area contributed by atoms with Gasteiger partial charge in [0.15, 0.2) is 0 Å². The first-order chi connectivity index (χ1) is 8.60. The van der Waals surface area contributed by atoms with E-state index in [-0.39, 0.29) is 18.4 Å². The first kappa shape index (κ1) is 15.4. The molecule has 1 fully saturated rings. The van der Waals surface area contributed by atoms with Gasteiger partial charge >= 0.3 is 0 Å². The van der Waals surface area contributed by atoms with E-state index in [1.165, 1.54) is 6.42 Å². The molecule has 0 bridgehead atoms. The maximum absolute atomic E-state index is 12.5. The van der Waals surface area contributed by atoms with Crippen molar-refractivity contribution in [1.29, 1.82) is 0 Å². The van der Waals surface area contributed by atoms with Gasteiger partial charge in [-0.1, -0.05) is 13.8 Å². The van der Waals surface area contributed by atoms with Crippen molar-refractivity contribution < 1.29 is 9.90 Å². The van der Waals surface area contributed by atoms with Gasteiger partial charge in [-0.05, 0) is 38.0 Å². The Hall–Kier alpha value is -0.610. The molecule has 0 aromatic rings. The van der Waals surface area contributed by atoms with Gasteiger partial charge in [-0.25, -0.2) is 0 Å². The molecule has 1 unspecified atom stereocenters. The van der Waals surface area contributed by atoms with E-state index >= 15 is 0 Å². The van der Waals surface area contributed by atoms with E-state index in [2.05, 4.69) is 13.8 Å². The summed E-state index contributed by atoms with van der Waals surface area (Å²) in [4.78, 5) is 14.5. The molecule has 0 aromatic carbocycles. The van der Waals surface area contributed by atoms with E-state index in [0.717, 1.165) is 19.3 Å². The molecule has 18 heavy (non-hydrogen) atoms. The number of carbonyl (C=O) groups is 1. The average molecular weight is 256 g/mol. The van der Waals surface area contributed by atoms with E-state index < -0.39 is 0 Å². The summed E-state index contributed by atoms with van der Waals surface area (Å²) < 4.78 is 0. The van der Waals surface area contributed by atoms with Gasteiger partial charge in [-0.15, -0.1) is 0 Å². The van der Waals surface area contributed by atoms with Crippen molar-refractivity contribution in [1.82, 2.24) is 4.90 Å². The number of carbonyl (C=O) groups excluding carboxylic acids is 1. The average Bonchev–Trinajstić information content (AvgIpc) is 2.27. The zero-order valence-electron chi connectivity index (χ0n) is 11.8. The lowest BCUT2D eigenvalue weighted by atomic mass is 9.88. The number of nitrogens with zero attached hydrogens (tertiary/aromatic N) is 1. The molecule has 1 rings (SSSR count). The molecule has 1 aliphatic carbocycles. The lowest BCUT2D eigenvalue weighted by molar-refractivity contribution is -0.140. The molecule has 4 nitrogen and oxygen atoms in total. The molecule has 1 aliphatic rings. The van der Waals surface area contributed by atoms with Crippen molar-refractivity contribution in [2.24, 2.45) is 17.6 Å². The predicted molar refractivity (Wildman–Crippen MR) is 73.1 cm³/mol. The quantitative estimate of drug-likeness (QED) is 0.689. The molecule has 0 spiro atoms. The summed E-state index contributed by atoms with van der Waals surface area (Å²) in [6, 6.07) is 0.394. The van der Waals surface area contributed by atoms with E-state index in [9.17, 15) is 4.79 Å². The highest BCUT2D eigenvalue weighted by Crippen LogP contribution is 2.27. The normalized spacial score (nSPS) is 17.6. The zero-order valence-corrected chi connectivity index (χ0v) is 11.8. The van der Waals surface area contributed by atoms with Crippen LogP contribution in [0.3, 0.4) is 0 Å². The molecule has 0 radical (unpaired) electrons. The summed E-state index contributed by atoms with van der Waals surface area (Å²) in [6.07, 6.45) is 4.95. The summed E-state index contributed by atoms with van der Waals surface area (Å²) in [6.45, 7) is 5.50. The summed E-state index contributed by atoms with van der Waals surface area (Å²) >= 11 is 0. The van der Waals surface area contributed by atoms with Crippen LogP contribution in [0.15, 0.2) is 0 Å². The molecule has 4 heteroatoms. The van der Waals surface area contributed by atoms with Crippen molar-refractivity contribution in [3.8, 4) is 0 Å². The summed E-state index contributed by atoms with van der Waals surface area (Å²) in [5.41, 5.74) is 5.75. The number of nitrogens with two attached hydrogens (primary N) is 1. The second-order valence-corrected chi connectivity index (χ2v) is 5.76. The number of hydrogen-bond donors (Lipinski definition) is 2. The van der Waals surface area contributed by atoms with Crippen LogP contribution in [0.5, 0.6) is 0 Å². The zero-order chi connectivity index (χ0) is 13.5. The van der Waals surface area contributed by atoms with Crippen LogP contribution < -0.4 is 5.73 Å². The Bertz CT molecular complexity index is 252. The van der Waals surface area contributed by atoms with Gasteiger partial charge in [-0.2, -0.15) is 0 Å². The van der Waals surface area contributed by atoms with E-state index in [4.69, 9.17) is 10.8 Å². The van der Waals surface area contributed by atoms with Gasteiger partial charge in [-0.3, -0.25) is 4.79 Å². The second kappa shape index (κ2) is 7.74. The SMILES string of the molecule is CC(C)CC(CN)C(=O)N(CCCO)C1CCC1. The van der Waals surface area contributed by atoms with Crippen LogP contribution in [-0.2, 0) is 4.79 Å². The number of aliphatic hydroxyl groups excluding tert-OH is 1. The lowest BCUT2D eigenvalue weighted by Crippen LogP contribution is -2.49. The standard InChI is InChI=1S/C14H28N2O2/c1-11(2)9-12(10-15)14(18)16(7-4-8-17)13-5-3-6-13/h11-13,17H,3-10,15H2,1-2H3. The summed E-state index contributed by atoms with van der Waals surface area (Å²) in [5.74, 6) is 0.636. The van der Waals surface area contributed by atoms with E-state index in [0.29, 0.717) is 31.5 Å².